The van der Waals surface area contributed by atoms with Crippen LogP contribution in [0.4, 0.5) is 15.8 Å². The number of benzene rings is 2. The van der Waals surface area contributed by atoms with Gasteiger partial charge >= 0.3 is 0 Å². The van der Waals surface area contributed by atoms with Gasteiger partial charge in [-0.1, -0.05) is 17.7 Å². The second kappa shape index (κ2) is 7.79. The summed E-state index contributed by atoms with van der Waals surface area (Å²) in [5, 5.41) is 8.29. The molecule has 126 valence electrons. The summed E-state index contributed by atoms with van der Waals surface area (Å²) >= 11 is 5.89. The van der Waals surface area contributed by atoms with Gasteiger partial charge in [0.05, 0.1) is 10.7 Å². The zero-order chi connectivity index (χ0) is 17.7. The minimum Gasteiger partial charge on any atom is -0.374 e. The van der Waals surface area contributed by atoms with Crippen LogP contribution in [-0.4, -0.2) is 24.9 Å². The van der Waals surface area contributed by atoms with Crippen LogP contribution < -0.4 is 16.0 Å². The lowest BCUT2D eigenvalue weighted by Crippen LogP contribution is -2.32. The van der Waals surface area contributed by atoms with E-state index in [0.717, 1.165) is 6.07 Å². The van der Waals surface area contributed by atoms with Crippen molar-refractivity contribution in [2.45, 2.75) is 13.0 Å². The Balaban J connectivity index is 2.05. The van der Waals surface area contributed by atoms with Gasteiger partial charge in [-0.2, -0.15) is 0 Å². The van der Waals surface area contributed by atoms with Gasteiger partial charge in [0, 0.05) is 18.3 Å². The predicted octanol–water partition coefficient (Wildman–Crippen LogP) is 3.28. The summed E-state index contributed by atoms with van der Waals surface area (Å²) in [4.78, 5) is 23.9. The normalized spacial score (nSPS) is 11.5. The summed E-state index contributed by atoms with van der Waals surface area (Å²) in [6.45, 7) is 1.67. The maximum Gasteiger partial charge on any atom is 0.251 e. The van der Waals surface area contributed by atoms with E-state index in [1.165, 1.54) is 12.1 Å². The molecule has 0 aromatic heterocycles. The monoisotopic (exact) mass is 349 g/mol. The van der Waals surface area contributed by atoms with Gasteiger partial charge < -0.3 is 16.0 Å². The number of rotatable bonds is 5. The molecule has 2 aromatic rings. The molecular formula is C17H17ClFN3O2. The SMILES string of the molecule is CNC(=O)c1cccc(N[C@H](C)C(=O)Nc2ccc(F)cc2Cl)c1. The maximum atomic E-state index is 13.0. The van der Waals surface area contributed by atoms with Crippen LogP contribution in [0.1, 0.15) is 17.3 Å². The third kappa shape index (κ3) is 4.45. The summed E-state index contributed by atoms with van der Waals surface area (Å²) in [6, 6.07) is 9.94. The Kier molecular flexibility index (Phi) is 5.76. The van der Waals surface area contributed by atoms with Crippen molar-refractivity contribution < 1.29 is 14.0 Å². The van der Waals surface area contributed by atoms with Crippen LogP contribution >= 0.6 is 11.6 Å². The molecule has 0 aliphatic carbocycles. The van der Waals surface area contributed by atoms with Gasteiger partial charge in [0.2, 0.25) is 5.91 Å². The molecule has 0 saturated heterocycles. The summed E-state index contributed by atoms with van der Waals surface area (Å²) in [7, 11) is 1.55. The van der Waals surface area contributed by atoms with Crippen LogP contribution in [0, 0.1) is 5.82 Å². The molecule has 0 spiro atoms. The predicted molar refractivity (Wildman–Crippen MR) is 93.0 cm³/mol. The van der Waals surface area contributed by atoms with Gasteiger partial charge in [-0.25, -0.2) is 4.39 Å². The minimum atomic E-state index is -0.592. The highest BCUT2D eigenvalue weighted by atomic mass is 35.5. The van der Waals surface area contributed by atoms with Crippen LogP contribution in [0.5, 0.6) is 0 Å². The molecular weight excluding hydrogens is 333 g/mol. The third-order valence-electron chi connectivity index (χ3n) is 3.32. The molecule has 1 atom stereocenters. The van der Waals surface area contributed by atoms with Crippen LogP contribution in [0.2, 0.25) is 5.02 Å². The van der Waals surface area contributed by atoms with Crippen molar-refractivity contribution in [3.8, 4) is 0 Å². The van der Waals surface area contributed by atoms with E-state index in [0.29, 0.717) is 16.9 Å². The molecule has 5 nitrogen and oxygen atoms in total. The Morgan fingerprint density at radius 1 is 1.17 bits per heavy atom. The van der Waals surface area contributed by atoms with Crippen LogP contribution in [0.15, 0.2) is 42.5 Å². The molecule has 0 radical (unpaired) electrons. The van der Waals surface area contributed by atoms with E-state index >= 15 is 0 Å². The van der Waals surface area contributed by atoms with Crippen molar-refractivity contribution >= 4 is 34.8 Å². The van der Waals surface area contributed by atoms with Crippen molar-refractivity contribution in [1.82, 2.24) is 5.32 Å². The first kappa shape index (κ1) is 17.7. The Hall–Kier alpha value is -2.60. The number of hydrogen-bond donors (Lipinski definition) is 3. The third-order valence-corrected chi connectivity index (χ3v) is 3.63. The van der Waals surface area contributed by atoms with E-state index in [2.05, 4.69) is 16.0 Å². The zero-order valence-corrected chi connectivity index (χ0v) is 13.9. The number of carbonyl (C=O) groups is 2. The van der Waals surface area contributed by atoms with Crippen molar-refractivity contribution in [2.75, 3.05) is 17.7 Å². The summed E-state index contributed by atoms with van der Waals surface area (Å²) in [5.41, 5.74) is 1.44. The fourth-order valence-electron chi connectivity index (χ4n) is 2.04. The van der Waals surface area contributed by atoms with Crippen molar-refractivity contribution in [3.05, 3.63) is 58.9 Å². The fourth-order valence-corrected chi connectivity index (χ4v) is 2.26. The average molecular weight is 350 g/mol. The molecule has 0 unspecified atom stereocenters. The largest absolute Gasteiger partial charge is 0.374 e. The van der Waals surface area contributed by atoms with E-state index < -0.39 is 11.9 Å². The number of amides is 2. The molecule has 0 saturated carbocycles. The van der Waals surface area contributed by atoms with Gasteiger partial charge in [0.25, 0.3) is 5.91 Å². The van der Waals surface area contributed by atoms with Gasteiger partial charge in [-0.3, -0.25) is 9.59 Å². The number of carbonyl (C=O) groups excluding carboxylic acids is 2. The lowest BCUT2D eigenvalue weighted by Gasteiger charge is -2.16. The highest BCUT2D eigenvalue weighted by molar-refractivity contribution is 6.33. The number of hydrogen-bond acceptors (Lipinski definition) is 3. The molecule has 7 heteroatoms. The lowest BCUT2D eigenvalue weighted by atomic mass is 10.1. The molecule has 0 heterocycles. The molecule has 0 aliphatic heterocycles. The quantitative estimate of drug-likeness (QED) is 0.775. The van der Waals surface area contributed by atoms with Crippen molar-refractivity contribution in [3.63, 3.8) is 0 Å². The van der Waals surface area contributed by atoms with E-state index in [1.54, 1.807) is 38.2 Å². The second-order valence-electron chi connectivity index (χ2n) is 5.14. The van der Waals surface area contributed by atoms with Gasteiger partial charge in [-0.05, 0) is 43.3 Å². The molecule has 3 N–H and O–H groups in total. The Labute approximate surface area is 144 Å². The topological polar surface area (TPSA) is 70.2 Å². The smallest absolute Gasteiger partial charge is 0.251 e. The average Bonchev–Trinajstić information content (AvgIpc) is 2.56. The molecule has 2 amide bonds. The summed E-state index contributed by atoms with van der Waals surface area (Å²) in [6.07, 6.45) is 0. The highest BCUT2D eigenvalue weighted by Gasteiger charge is 2.15. The van der Waals surface area contributed by atoms with Crippen LogP contribution in [-0.2, 0) is 4.79 Å². The van der Waals surface area contributed by atoms with Gasteiger partial charge in [0.15, 0.2) is 0 Å². The fraction of sp³-hybridized carbons (Fsp3) is 0.176. The van der Waals surface area contributed by atoms with E-state index in [4.69, 9.17) is 11.6 Å². The van der Waals surface area contributed by atoms with Crippen molar-refractivity contribution in [2.24, 2.45) is 0 Å². The van der Waals surface area contributed by atoms with E-state index in [1.807, 2.05) is 0 Å². The van der Waals surface area contributed by atoms with E-state index in [-0.39, 0.29) is 16.8 Å². The Morgan fingerprint density at radius 3 is 2.58 bits per heavy atom. The second-order valence-corrected chi connectivity index (χ2v) is 5.55. The van der Waals surface area contributed by atoms with Gasteiger partial charge in [0.1, 0.15) is 11.9 Å². The van der Waals surface area contributed by atoms with E-state index in [9.17, 15) is 14.0 Å². The molecule has 0 bridgehead atoms. The first-order valence-electron chi connectivity index (χ1n) is 7.25. The Morgan fingerprint density at radius 2 is 1.92 bits per heavy atom. The molecule has 2 rings (SSSR count). The van der Waals surface area contributed by atoms with Crippen molar-refractivity contribution in [1.29, 1.82) is 0 Å². The first-order valence-corrected chi connectivity index (χ1v) is 7.63. The zero-order valence-electron chi connectivity index (χ0n) is 13.2. The minimum absolute atomic E-state index is 0.122. The molecule has 0 fully saturated rings. The summed E-state index contributed by atoms with van der Waals surface area (Å²) < 4.78 is 13.0. The maximum absolute atomic E-state index is 13.0. The number of halogens is 2. The number of nitrogens with one attached hydrogen (secondary N) is 3. The number of anilines is 2. The van der Waals surface area contributed by atoms with Gasteiger partial charge in [-0.15, -0.1) is 0 Å². The lowest BCUT2D eigenvalue weighted by molar-refractivity contribution is -0.116. The molecule has 24 heavy (non-hydrogen) atoms. The Bertz CT molecular complexity index is 767. The van der Waals surface area contributed by atoms with Crippen LogP contribution in [0.25, 0.3) is 0 Å². The molecule has 2 aromatic carbocycles. The molecule has 0 aliphatic rings. The standard InChI is InChI=1S/C17H17ClFN3O2/c1-10(16(23)22-15-7-6-12(19)9-14(15)18)21-13-5-3-4-11(8-13)17(24)20-2/h3-10,21H,1-2H3,(H,20,24)(H,22,23)/t10-/m1/s1. The van der Waals surface area contributed by atoms with Crippen LogP contribution in [0.3, 0.4) is 0 Å². The highest BCUT2D eigenvalue weighted by Crippen LogP contribution is 2.22. The first-order chi connectivity index (χ1) is 11.4. The summed E-state index contributed by atoms with van der Waals surface area (Å²) in [5.74, 6) is -1.03.